The van der Waals surface area contributed by atoms with E-state index in [9.17, 15) is 9.18 Å². The fraction of sp³-hybridized carbons (Fsp3) is 0.462. The lowest BCUT2D eigenvalue weighted by molar-refractivity contribution is 0.0947. The van der Waals surface area contributed by atoms with Crippen molar-refractivity contribution in [2.75, 3.05) is 6.54 Å². The molecule has 0 bridgehead atoms. The maximum atomic E-state index is 12.9. The Morgan fingerprint density at radius 2 is 2.29 bits per heavy atom. The number of hydrogen-bond acceptors (Lipinski definition) is 2. The summed E-state index contributed by atoms with van der Waals surface area (Å²) >= 11 is 0. The average molecular weight is 236 g/mol. The second-order valence-electron chi connectivity index (χ2n) is 4.66. The van der Waals surface area contributed by atoms with Gasteiger partial charge in [0.15, 0.2) is 0 Å². The first-order chi connectivity index (χ1) is 8.15. The van der Waals surface area contributed by atoms with Crippen LogP contribution in [-0.4, -0.2) is 18.5 Å². The maximum absolute atomic E-state index is 12.9. The van der Waals surface area contributed by atoms with E-state index in [0.717, 1.165) is 19.3 Å². The van der Waals surface area contributed by atoms with Crippen LogP contribution in [0.2, 0.25) is 0 Å². The fourth-order valence-electron chi connectivity index (χ4n) is 2.27. The zero-order valence-corrected chi connectivity index (χ0v) is 9.66. The monoisotopic (exact) mass is 236 g/mol. The van der Waals surface area contributed by atoms with Crippen LogP contribution in [0.5, 0.6) is 0 Å². The normalized spacial score (nSPS) is 23.6. The van der Waals surface area contributed by atoms with Gasteiger partial charge in [-0.3, -0.25) is 4.79 Å². The number of nitrogens with one attached hydrogen (secondary N) is 1. The third-order valence-corrected chi connectivity index (χ3v) is 3.22. The molecule has 0 saturated heterocycles. The Labute approximate surface area is 100 Å². The van der Waals surface area contributed by atoms with Crippen molar-refractivity contribution in [1.29, 1.82) is 0 Å². The largest absolute Gasteiger partial charge is 0.352 e. The molecule has 92 valence electrons. The molecule has 0 aliphatic heterocycles. The minimum absolute atomic E-state index is 0.218. The maximum Gasteiger partial charge on any atom is 0.251 e. The van der Waals surface area contributed by atoms with Gasteiger partial charge in [-0.05, 0) is 43.4 Å². The molecule has 1 aliphatic carbocycles. The summed E-state index contributed by atoms with van der Waals surface area (Å²) in [5.74, 6) is -0.145. The number of hydrogen-bond donors (Lipinski definition) is 2. The minimum atomic E-state index is -0.388. The summed E-state index contributed by atoms with van der Waals surface area (Å²) in [4.78, 5) is 11.7. The molecule has 0 radical (unpaired) electrons. The first-order valence-electron chi connectivity index (χ1n) is 5.94. The van der Waals surface area contributed by atoms with Gasteiger partial charge in [-0.1, -0.05) is 6.07 Å². The van der Waals surface area contributed by atoms with E-state index in [0.29, 0.717) is 18.0 Å². The predicted octanol–water partition coefficient (Wildman–Crippen LogP) is 1.68. The van der Waals surface area contributed by atoms with Crippen molar-refractivity contribution in [2.24, 2.45) is 11.7 Å². The number of carbonyl (C=O) groups excluding carboxylic acids is 1. The zero-order chi connectivity index (χ0) is 12.3. The quantitative estimate of drug-likeness (QED) is 0.839. The number of amides is 1. The fourth-order valence-corrected chi connectivity index (χ4v) is 2.27. The first-order valence-corrected chi connectivity index (χ1v) is 5.94. The summed E-state index contributed by atoms with van der Waals surface area (Å²) in [7, 11) is 0. The summed E-state index contributed by atoms with van der Waals surface area (Å²) in [5.41, 5.74) is 6.17. The number of benzene rings is 1. The molecule has 0 aromatic heterocycles. The third kappa shape index (κ3) is 3.27. The van der Waals surface area contributed by atoms with Crippen molar-refractivity contribution in [1.82, 2.24) is 5.32 Å². The number of carbonyl (C=O) groups is 1. The zero-order valence-electron chi connectivity index (χ0n) is 9.66. The lowest BCUT2D eigenvalue weighted by Crippen LogP contribution is -2.29. The van der Waals surface area contributed by atoms with Gasteiger partial charge < -0.3 is 11.1 Å². The summed E-state index contributed by atoms with van der Waals surface area (Å²) in [6.45, 7) is 0.628. The molecule has 1 aliphatic rings. The highest BCUT2D eigenvalue weighted by Gasteiger charge is 2.22. The molecule has 2 atom stereocenters. The van der Waals surface area contributed by atoms with Crippen LogP contribution in [0, 0.1) is 11.7 Å². The van der Waals surface area contributed by atoms with E-state index in [1.54, 1.807) is 6.07 Å². The molecule has 3 nitrogen and oxygen atoms in total. The highest BCUT2D eigenvalue weighted by Crippen LogP contribution is 2.23. The topological polar surface area (TPSA) is 55.1 Å². The van der Waals surface area contributed by atoms with E-state index >= 15 is 0 Å². The highest BCUT2D eigenvalue weighted by molar-refractivity contribution is 5.94. The van der Waals surface area contributed by atoms with Crippen molar-refractivity contribution < 1.29 is 9.18 Å². The Bertz CT molecular complexity index is 408. The van der Waals surface area contributed by atoms with Gasteiger partial charge in [-0.2, -0.15) is 0 Å². The van der Waals surface area contributed by atoms with Crippen molar-refractivity contribution >= 4 is 5.91 Å². The van der Waals surface area contributed by atoms with E-state index in [-0.39, 0.29) is 17.8 Å². The Hall–Kier alpha value is -1.42. The molecule has 1 saturated carbocycles. The van der Waals surface area contributed by atoms with Crippen LogP contribution < -0.4 is 11.1 Å². The molecule has 0 unspecified atom stereocenters. The Morgan fingerprint density at radius 3 is 2.94 bits per heavy atom. The summed E-state index contributed by atoms with van der Waals surface area (Å²) in [6, 6.07) is 5.99. The first kappa shape index (κ1) is 12.0. The summed E-state index contributed by atoms with van der Waals surface area (Å²) in [6.07, 6.45) is 3.05. The van der Waals surface area contributed by atoms with E-state index in [1.165, 1.54) is 18.2 Å². The number of nitrogens with two attached hydrogens (primary N) is 1. The Balaban J connectivity index is 1.85. The molecule has 17 heavy (non-hydrogen) atoms. The van der Waals surface area contributed by atoms with Crippen molar-refractivity contribution in [2.45, 2.75) is 25.3 Å². The van der Waals surface area contributed by atoms with E-state index in [4.69, 9.17) is 5.73 Å². The van der Waals surface area contributed by atoms with Crippen molar-refractivity contribution in [3.05, 3.63) is 35.6 Å². The molecule has 1 fully saturated rings. The Kier molecular flexibility index (Phi) is 3.74. The molecular formula is C13H17FN2O. The van der Waals surface area contributed by atoms with E-state index in [1.807, 2.05) is 0 Å². The molecule has 1 aromatic carbocycles. The number of halogens is 1. The van der Waals surface area contributed by atoms with Gasteiger partial charge in [0.1, 0.15) is 5.82 Å². The smallest absolute Gasteiger partial charge is 0.251 e. The summed E-state index contributed by atoms with van der Waals surface area (Å²) < 4.78 is 12.9. The van der Waals surface area contributed by atoms with Gasteiger partial charge in [-0.25, -0.2) is 4.39 Å². The molecule has 3 N–H and O–H groups in total. The lowest BCUT2D eigenvalue weighted by atomic mass is 10.1. The molecule has 0 heterocycles. The summed E-state index contributed by atoms with van der Waals surface area (Å²) in [5, 5.41) is 2.83. The number of rotatable bonds is 3. The molecule has 2 rings (SSSR count). The van der Waals surface area contributed by atoms with Gasteiger partial charge in [0.25, 0.3) is 5.91 Å². The van der Waals surface area contributed by atoms with Gasteiger partial charge in [-0.15, -0.1) is 0 Å². The van der Waals surface area contributed by atoms with Crippen molar-refractivity contribution in [3.63, 3.8) is 0 Å². The standard InChI is InChI=1S/C13H17FN2O/c14-11-3-1-2-10(7-11)13(17)16-8-9-4-5-12(15)6-9/h1-3,7,9,12H,4-6,8,15H2,(H,16,17)/t9-,12+/m0/s1. The molecular weight excluding hydrogens is 219 g/mol. The van der Waals surface area contributed by atoms with Gasteiger partial charge in [0.05, 0.1) is 0 Å². The van der Waals surface area contributed by atoms with Gasteiger partial charge in [0, 0.05) is 18.2 Å². The van der Waals surface area contributed by atoms with Crippen LogP contribution in [0.1, 0.15) is 29.6 Å². The van der Waals surface area contributed by atoms with Crippen molar-refractivity contribution in [3.8, 4) is 0 Å². The predicted molar refractivity (Wildman–Crippen MR) is 64.0 cm³/mol. The minimum Gasteiger partial charge on any atom is -0.352 e. The second-order valence-corrected chi connectivity index (χ2v) is 4.66. The molecule has 1 amide bonds. The average Bonchev–Trinajstić information content (AvgIpc) is 2.72. The lowest BCUT2D eigenvalue weighted by Gasteiger charge is -2.11. The SMILES string of the molecule is N[C@@H]1CC[C@H](CNC(=O)c2cccc(F)c2)C1. The Morgan fingerprint density at radius 1 is 1.47 bits per heavy atom. The van der Waals surface area contributed by atoms with Crippen LogP contribution in [0.25, 0.3) is 0 Å². The highest BCUT2D eigenvalue weighted by atomic mass is 19.1. The van der Waals surface area contributed by atoms with Crippen LogP contribution in [0.15, 0.2) is 24.3 Å². The van der Waals surface area contributed by atoms with Gasteiger partial charge >= 0.3 is 0 Å². The van der Waals surface area contributed by atoms with Crippen LogP contribution in [0.4, 0.5) is 4.39 Å². The van der Waals surface area contributed by atoms with Crippen LogP contribution in [-0.2, 0) is 0 Å². The molecule has 0 spiro atoms. The second kappa shape index (κ2) is 5.27. The van der Waals surface area contributed by atoms with E-state index < -0.39 is 0 Å². The van der Waals surface area contributed by atoms with Gasteiger partial charge in [0.2, 0.25) is 0 Å². The van der Waals surface area contributed by atoms with Crippen LogP contribution in [0.3, 0.4) is 0 Å². The molecule has 1 aromatic rings. The third-order valence-electron chi connectivity index (χ3n) is 3.22. The molecule has 4 heteroatoms. The van der Waals surface area contributed by atoms with E-state index in [2.05, 4.69) is 5.32 Å². The van der Waals surface area contributed by atoms with Crippen LogP contribution >= 0.6 is 0 Å².